The van der Waals surface area contributed by atoms with Crippen molar-refractivity contribution >= 4 is 28.5 Å². The number of ether oxygens (including phenoxy) is 2. The molecule has 26 heavy (non-hydrogen) atoms. The molecule has 5 nitrogen and oxygen atoms in total. The zero-order chi connectivity index (χ0) is 18.8. The van der Waals surface area contributed by atoms with Gasteiger partial charge in [0.2, 0.25) is 0 Å². The van der Waals surface area contributed by atoms with Crippen molar-refractivity contribution in [3.63, 3.8) is 0 Å². The van der Waals surface area contributed by atoms with Crippen LogP contribution in [0.2, 0.25) is 5.02 Å². The molecule has 2 aromatic carbocycles. The number of benzene rings is 2. The Bertz CT molecular complexity index is 978. The summed E-state index contributed by atoms with van der Waals surface area (Å²) in [4.78, 5) is 14.8. The highest BCUT2D eigenvalue weighted by atomic mass is 35.5. The topological polar surface area (TPSA) is 71.6 Å². The van der Waals surface area contributed by atoms with E-state index in [1.54, 1.807) is 13.2 Å². The molecule has 2 N–H and O–H groups in total. The van der Waals surface area contributed by atoms with Crippen LogP contribution in [0.5, 0.6) is 11.5 Å². The molecule has 136 valence electrons. The van der Waals surface area contributed by atoms with Gasteiger partial charge in [0.25, 0.3) is 0 Å². The lowest BCUT2D eigenvalue weighted by Crippen LogP contribution is -2.01. The lowest BCUT2D eigenvalue weighted by atomic mass is 10.0. The summed E-state index contributed by atoms with van der Waals surface area (Å²) in [6.07, 6.45) is -0.0909. The molecule has 0 aliphatic rings. The summed E-state index contributed by atoms with van der Waals surface area (Å²) in [7, 11) is 1.59. The maximum absolute atomic E-state index is 11.4. The highest BCUT2D eigenvalue weighted by Crippen LogP contribution is 2.38. The minimum atomic E-state index is -0.890. The first kappa shape index (κ1) is 18.1. The average molecular weight is 374 g/mol. The van der Waals surface area contributed by atoms with Crippen LogP contribution in [0, 0.1) is 6.92 Å². The lowest BCUT2D eigenvalue weighted by Gasteiger charge is -2.11. The highest BCUT2D eigenvalue weighted by molar-refractivity contribution is 6.32. The van der Waals surface area contributed by atoms with E-state index in [2.05, 4.69) is 4.98 Å². The Kier molecular flexibility index (Phi) is 5.09. The standard InChI is InChI=1S/C20H20ClNO4/c1-4-26-17-9-12(5-8-16(17)25-3)20-14(10-18(23)24)13-6-7-15(21)11(2)19(13)22-20/h5-9,22H,4,10H2,1-3H3,(H,23,24). The second kappa shape index (κ2) is 7.30. The molecule has 0 fully saturated rings. The third-order valence-electron chi connectivity index (χ3n) is 4.36. The van der Waals surface area contributed by atoms with Gasteiger partial charge in [-0.3, -0.25) is 4.79 Å². The molecule has 0 radical (unpaired) electrons. The minimum absolute atomic E-state index is 0.0909. The van der Waals surface area contributed by atoms with Gasteiger partial charge in [-0.15, -0.1) is 0 Å². The van der Waals surface area contributed by atoms with E-state index in [0.717, 1.165) is 33.3 Å². The van der Waals surface area contributed by atoms with Gasteiger partial charge in [0.05, 0.1) is 31.3 Å². The number of carboxylic acid groups (broad SMARTS) is 1. The zero-order valence-electron chi connectivity index (χ0n) is 14.9. The van der Waals surface area contributed by atoms with Gasteiger partial charge >= 0.3 is 5.97 Å². The molecule has 1 heterocycles. The van der Waals surface area contributed by atoms with Crippen LogP contribution in [0.4, 0.5) is 0 Å². The molecular weight excluding hydrogens is 354 g/mol. The summed E-state index contributed by atoms with van der Waals surface area (Å²) in [6.45, 7) is 4.31. The molecule has 0 saturated carbocycles. The number of nitrogens with one attached hydrogen (secondary N) is 1. The Hall–Kier alpha value is -2.66. The number of aliphatic carboxylic acids is 1. The van der Waals surface area contributed by atoms with Gasteiger partial charge in [-0.05, 0) is 49.2 Å². The van der Waals surface area contributed by atoms with Crippen molar-refractivity contribution in [3.05, 3.63) is 46.5 Å². The third kappa shape index (κ3) is 3.22. The third-order valence-corrected chi connectivity index (χ3v) is 4.77. The summed E-state index contributed by atoms with van der Waals surface area (Å²) in [5, 5.41) is 10.9. The Balaban J connectivity index is 2.25. The number of aromatic nitrogens is 1. The van der Waals surface area contributed by atoms with Gasteiger partial charge in [-0.25, -0.2) is 0 Å². The van der Waals surface area contributed by atoms with Crippen molar-refractivity contribution in [2.45, 2.75) is 20.3 Å². The van der Waals surface area contributed by atoms with Gasteiger partial charge < -0.3 is 19.6 Å². The second-order valence-electron chi connectivity index (χ2n) is 5.94. The first-order valence-electron chi connectivity index (χ1n) is 8.28. The number of aromatic amines is 1. The molecule has 0 atom stereocenters. The number of carbonyl (C=O) groups is 1. The van der Waals surface area contributed by atoms with E-state index in [0.29, 0.717) is 23.1 Å². The fourth-order valence-corrected chi connectivity index (χ4v) is 3.27. The van der Waals surface area contributed by atoms with Gasteiger partial charge in [-0.1, -0.05) is 17.7 Å². The number of carboxylic acids is 1. The van der Waals surface area contributed by atoms with Gasteiger partial charge in [0, 0.05) is 16.0 Å². The fourth-order valence-electron chi connectivity index (χ4n) is 3.12. The molecule has 0 saturated heterocycles. The Morgan fingerprint density at radius 2 is 2.00 bits per heavy atom. The molecule has 0 aliphatic carbocycles. The predicted molar refractivity (Wildman–Crippen MR) is 103 cm³/mol. The van der Waals surface area contributed by atoms with Crippen LogP contribution in [0.25, 0.3) is 22.2 Å². The molecule has 0 unspecified atom stereocenters. The SMILES string of the molecule is CCOc1cc(-c2[nH]c3c(C)c(Cl)ccc3c2CC(=O)O)ccc1OC. The molecule has 1 aromatic heterocycles. The summed E-state index contributed by atoms with van der Waals surface area (Å²) < 4.78 is 11.0. The number of halogens is 1. The van der Waals surface area contributed by atoms with Crippen LogP contribution in [0.3, 0.4) is 0 Å². The Labute approximate surface area is 156 Å². The fraction of sp³-hybridized carbons (Fsp3) is 0.250. The highest BCUT2D eigenvalue weighted by Gasteiger charge is 2.19. The first-order chi connectivity index (χ1) is 12.5. The summed E-state index contributed by atoms with van der Waals surface area (Å²) in [5.74, 6) is 0.353. The molecule has 0 spiro atoms. The maximum Gasteiger partial charge on any atom is 0.307 e. The number of hydrogen-bond donors (Lipinski definition) is 2. The Morgan fingerprint density at radius 3 is 2.65 bits per heavy atom. The van der Waals surface area contributed by atoms with E-state index in [1.165, 1.54) is 0 Å². The monoisotopic (exact) mass is 373 g/mol. The number of aryl methyl sites for hydroxylation is 1. The number of methoxy groups -OCH3 is 1. The zero-order valence-corrected chi connectivity index (χ0v) is 15.6. The molecule has 0 bridgehead atoms. The van der Waals surface area contributed by atoms with E-state index in [-0.39, 0.29) is 6.42 Å². The smallest absolute Gasteiger partial charge is 0.307 e. The molecule has 0 aliphatic heterocycles. The number of rotatable bonds is 6. The second-order valence-corrected chi connectivity index (χ2v) is 6.35. The van der Waals surface area contributed by atoms with Crippen molar-refractivity contribution in [1.82, 2.24) is 4.98 Å². The number of fused-ring (bicyclic) bond motifs is 1. The molecule has 3 rings (SSSR count). The lowest BCUT2D eigenvalue weighted by molar-refractivity contribution is -0.136. The minimum Gasteiger partial charge on any atom is -0.493 e. The van der Waals surface area contributed by atoms with Crippen LogP contribution >= 0.6 is 11.6 Å². The van der Waals surface area contributed by atoms with E-state index < -0.39 is 5.97 Å². The quantitative estimate of drug-likeness (QED) is 0.649. The van der Waals surface area contributed by atoms with Gasteiger partial charge in [0.1, 0.15) is 0 Å². The van der Waals surface area contributed by atoms with Gasteiger partial charge in [0.15, 0.2) is 11.5 Å². The van der Waals surface area contributed by atoms with Gasteiger partial charge in [-0.2, -0.15) is 0 Å². The maximum atomic E-state index is 11.4. The van der Waals surface area contributed by atoms with Crippen molar-refractivity contribution in [3.8, 4) is 22.8 Å². The van der Waals surface area contributed by atoms with Crippen LogP contribution in [-0.2, 0) is 11.2 Å². The number of hydrogen-bond acceptors (Lipinski definition) is 3. The molecular formula is C20H20ClNO4. The average Bonchev–Trinajstić information content (AvgIpc) is 2.97. The molecule has 3 aromatic rings. The Morgan fingerprint density at radius 1 is 1.23 bits per heavy atom. The predicted octanol–water partition coefficient (Wildman–Crippen LogP) is 4.83. The van der Waals surface area contributed by atoms with Crippen molar-refractivity contribution in [2.75, 3.05) is 13.7 Å². The van der Waals surface area contributed by atoms with E-state index in [1.807, 2.05) is 38.1 Å². The molecule has 6 heteroatoms. The van der Waals surface area contributed by atoms with Crippen LogP contribution in [-0.4, -0.2) is 29.8 Å². The largest absolute Gasteiger partial charge is 0.493 e. The van der Waals surface area contributed by atoms with E-state index in [4.69, 9.17) is 21.1 Å². The normalized spacial score (nSPS) is 10.9. The van der Waals surface area contributed by atoms with Crippen molar-refractivity contribution in [1.29, 1.82) is 0 Å². The summed E-state index contributed by atoms with van der Waals surface area (Å²) >= 11 is 6.23. The van der Waals surface area contributed by atoms with E-state index in [9.17, 15) is 9.90 Å². The summed E-state index contributed by atoms with van der Waals surface area (Å²) in [5.41, 5.74) is 4.03. The van der Waals surface area contributed by atoms with Crippen LogP contribution in [0.1, 0.15) is 18.1 Å². The van der Waals surface area contributed by atoms with Crippen molar-refractivity contribution < 1.29 is 19.4 Å². The van der Waals surface area contributed by atoms with E-state index >= 15 is 0 Å². The summed E-state index contributed by atoms with van der Waals surface area (Å²) in [6, 6.07) is 9.21. The van der Waals surface area contributed by atoms with Crippen LogP contribution in [0.15, 0.2) is 30.3 Å². The number of H-pyrrole nitrogens is 1. The first-order valence-corrected chi connectivity index (χ1v) is 8.66. The van der Waals surface area contributed by atoms with Crippen LogP contribution < -0.4 is 9.47 Å². The molecule has 0 amide bonds. The van der Waals surface area contributed by atoms with Crippen molar-refractivity contribution in [2.24, 2.45) is 0 Å².